The summed E-state index contributed by atoms with van der Waals surface area (Å²) < 4.78 is 5.74. The van der Waals surface area contributed by atoms with Crippen molar-refractivity contribution in [3.63, 3.8) is 0 Å². The maximum Gasteiger partial charge on any atom is 0.192 e. The monoisotopic (exact) mass is 308 g/mol. The van der Waals surface area contributed by atoms with Gasteiger partial charge in [0.1, 0.15) is 0 Å². The average molecular weight is 308 g/mol. The standard InChI is InChI=1S/C15H24N4OS/c1-15(2,3)13-18-11(9-21-13)12-7-17-14(16)19(12)8-10-5-4-6-20-10/h9-10,12H,4-8H2,1-3H3,(H2,16,17). The summed E-state index contributed by atoms with van der Waals surface area (Å²) in [4.78, 5) is 11.4. The Morgan fingerprint density at radius 2 is 2.29 bits per heavy atom. The number of aliphatic imine (C=N–C) groups is 1. The van der Waals surface area contributed by atoms with E-state index in [4.69, 9.17) is 15.5 Å². The molecule has 1 aromatic rings. The zero-order valence-electron chi connectivity index (χ0n) is 13.0. The van der Waals surface area contributed by atoms with Crippen molar-refractivity contribution in [1.29, 1.82) is 0 Å². The fourth-order valence-electron chi connectivity index (χ4n) is 2.79. The highest BCUT2D eigenvalue weighted by Gasteiger charge is 2.33. The van der Waals surface area contributed by atoms with Gasteiger partial charge in [0.25, 0.3) is 0 Å². The normalized spacial score (nSPS) is 26.4. The van der Waals surface area contributed by atoms with E-state index < -0.39 is 0 Å². The second-order valence-corrected chi connectivity index (χ2v) is 7.69. The maximum atomic E-state index is 6.07. The van der Waals surface area contributed by atoms with Crippen LogP contribution in [0.4, 0.5) is 0 Å². The second-order valence-electron chi connectivity index (χ2n) is 6.83. The third-order valence-electron chi connectivity index (χ3n) is 4.03. The van der Waals surface area contributed by atoms with Crippen LogP contribution in [0.5, 0.6) is 0 Å². The molecule has 0 saturated carbocycles. The van der Waals surface area contributed by atoms with E-state index >= 15 is 0 Å². The largest absolute Gasteiger partial charge is 0.376 e. The summed E-state index contributed by atoms with van der Waals surface area (Å²) in [7, 11) is 0. The van der Waals surface area contributed by atoms with E-state index in [0.717, 1.165) is 31.7 Å². The Bertz CT molecular complexity index is 528. The van der Waals surface area contributed by atoms with Crippen LogP contribution in [-0.4, -0.2) is 41.6 Å². The fraction of sp³-hybridized carbons (Fsp3) is 0.733. The molecule has 0 bridgehead atoms. The molecule has 2 unspecified atom stereocenters. The number of hydrogen-bond donors (Lipinski definition) is 1. The van der Waals surface area contributed by atoms with Crippen LogP contribution in [0.25, 0.3) is 0 Å². The van der Waals surface area contributed by atoms with Crippen LogP contribution < -0.4 is 5.73 Å². The molecule has 0 radical (unpaired) electrons. The number of guanidine groups is 1. The van der Waals surface area contributed by atoms with E-state index in [9.17, 15) is 0 Å². The molecule has 2 aliphatic heterocycles. The van der Waals surface area contributed by atoms with Crippen molar-refractivity contribution in [3.05, 3.63) is 16.1 Å². The minimum atomic E-state index is 0.0906. The maximum absolute atomic E-state index is 6.07. The molecule has 1 aromatic heterocycles. The van der Waals surface area contributed by atoms with Crippen LogP contribution in [-0.2, 0) is 10.2 Å². The first kappa shape index (κ1) is 14.8. The van der Waals surface area contributed by atoms with Gasteiger partial charge in [0.2, 0.25) is 0 Å². The first-order chi connectivity index (χ1) is 9.95. The predicted molar refractivity (Wildman–Crippen MR) is 85.7 cm³/mol. The highest BCUT2D eigenvalue weighted by atomic mass is 32.1. The zero-order chi connectivity index (χ0) is 15.0. The van der Waals surface area contributed by atoms with Crippen molar-refractivity contribution in [2.45, 2.75) is 51.2 Å². The summed E-state index contributed by atoms with van der Waals surface area (Å²) in [5.74, 6) is 0.626. The fourth-order valence-corrected chi connectivity index (χ4v) is 3.75. The molecule has 5 nitrogen and oxygen atoms in total. The molecule has 0 aromatic carbocycles. The summed E-state index contributed by atoms with van der Waals surface area (Å²) >= 11 is 1.73. The van der Waals surface area contributed by atoms with Crippen molar-refractivity contribution < 1.29 is 4.74 Å². The topological polar surface area (TPSA) is 63.7 Å². The van der Waals surface area contributed by atoms with Gasteiger partial charge in [0.15, 0.2) is 5.96 Å². The summed E-state index contributed by atoms with van der Waals surface area (Å²) in [6.45, 7) is 8.97. The molecule has 3 rings (SSSR count). The molecule has 0 amide bonds. The molecular formula is C15H24N4OS. The molecular weight excluding hydrogens is 284 g/mol. The Labute approximate surface area is 130 Å². The highest BCUT2D eigenvalue weighted by molar-refractivity contribution is 7.09. The van der Waals surface area contributed by atoms with Gasteiger partial charge in [-0.2, -0.15) is 0 Å². The summed E-state index contributed by atoms with van der Waals surface area (Å²) in [5, 5.41) is 3.32. The molecule has 116 valence electrons. The minimum Gasteiger partial charge on any atom is -0.376 e. The SMILES string of the molecule is CC(C)(C)c1nc(C2CN=C(N)N2CC2CCCO2)cs1. The van der Waals surface area contributed by atoms with Crippen molar-refractivity contribution in [2.75, 3.05) is 19.7 Å². The Hall–Kier alpha value is -1.14. The predicted octanol–water partition coefficient (Wildman–Crippen LogP) is 2.29. The summed E-state index contributed by atoms with van der Waals surface area (Å²) in [6, 6.07) is 0.168. The molecule has 2 N–H and O–H groups in total. The number of hydrogen-bond acceptors (Lipinski definition) is 6. The number of rotatable bonds is 3. The molecule has 1 fully saturated rings. The molecule has 2 aliphatic rings. The lowest BCUT2D eigenvalue weighted by molar-refractivity contribution is 0.0849. The molecule has 0 aliphatic carbocycles. The number of aromatic nitrogens is 1. The van der Waals surface area contributed by atoms with Gasteiger partial charge in [0, 0.05) is 23.9 Å². The Morgan fingerprint density at radius 1 is 1.48 bits per heavy atom. The summed E-state index contributed by atoms with van der Waals surface area (Å²) in [6.07, 6.45) is 2.53. The molecule has 2 atom stereocenters. The van der Waals surface area contributed by atoms with E-state index in [-0.39, 0.29) is 17.6 Å². The van der Waals surface area contributed by atoms with E-state index in [1.54, 1.807) is 11.3 Å². The van der Waals surface area contributed by atoms with Crippen LogP contribution >= 0.6 is 11.3 Å². The third kappa shape index (κ3) is 3.06. The first-order valence-electron chi connectivity index (χ1n) is 7.59. The van der Waals surface area contributed by atoms with Gasteiger partial charge in [-0.25, -0.2) is 4.98 Å². The van der Waals surface area contributed by atoms with Crippen LogP contribution in [0.1, 0.15) is 50.4 Å². The van der Waals surface area contributed by atoms with Crippen molar-refractivity contribution in [3.8, 4) is 0 Å². The van der Waals surface area contributed by atoms with Crippen LogP contribution in [0, 0.1) is 0 Å². The van der Waals surface area contributed by atoms with Gasteiger partial charge in [-0.05, 0) is 12.8 Å². The quantitative estimate of drug-likeness (QED) is 0.930. The minimum absolute atomic E-state index is 0.0906. The number of nitrogens with two attached hydrogens (primary N) is 1. The molecule has 3 heterocycles. The van der Waals surface area contributed by atoms with Crippen molar-refractivity contribution in [1.82, 2.24) is 9.88 Å². The number of ether oxygens (including phenoxy) is 1. The van der Waals surface area contributed by atoms with Crippen LogP contribution in [0.3, 0.4) is 0 Å². The van der Waals surface area contributed by atoms with Gasteiger partial charge >= 0.3 is 0 Å². The molecule has 21 heavy (non-hydrogen) atoms. The molecule has 6 heteroatoms. The van der Waals surface area contributed by atoms with E-state index in [1.165, 1.54) is 5.01 Å². The average Bonchev–Trinajstić information content (AvgIpc) is 3.11. The van der Waals surface area contributed by atoms with E-state index in [0.29, 0.717) is 12.5 Å². The Morgan fingerprint density at radius 3 is 2.90 bits per heavy atom. The van der Waals surface area contributed by atoms with Crippen LogP contribution in [0.2, 0.25) is 0 Å². The van der Waals surface area contributed by atoms with Crippen LogP contribution in [0.15, 0.2) is 10.4 Å². The molecule has 1 saturated heterocycles. The lowest BCUT2D eigenvalue weighted by atomic mass is 9.98. The van der Waals surface area contributed by atoms with Gasteiger partial charge in [-0.1, -0.05) is 20.8 Å². The number of thiazole rings is 1. The summed E-state index contributed by atoms with van der Waals surface area (Å²) in [5.41, 5.74) is 7.25. The zero-order valence-corrected chi connectivity index (χ0v) is 13.8. The third-order valence-corrected chi connectivity index (χ3v) is 5.31. The van der Waals surface area contributed by atoms with Crippen molar-refractivity contribution >= 4 is 17.3 Å². The number of nitrogens with zero attached hydrogens (tertiary/aromatic N) is 3. The van der Waals surface area contributed by atoms with E-state index in [2.05, 4.69) is 36.0 Å². The molecule has 0 spiro atoms. The smallest absolute Gasteiger partial charge is 0.192 e. The lowest BCUT2D eigenvalue weighted by Gasteiger charge is -2.27. The first-order valence-corrected chi connectivity index (χ1v) is 8.47. The van der Waals surface area contributed by atoms with E-state index in [1.807, 2.05) is 0 Å². The lowest BCUT2D eigenvalue weighted by Crippen LogP contribution is -2.41. The highest BCUT2D eigenvalue weighted by Crippen LogP contribution is 2.32. The van der Waals surface area contributed by atoms with Gasteiger partial charge < -0.3 is 15.4 Å². The van der Waals surface area contributed by atoms with Gasteiger partial charge in [0.05, 0.1) is 29.4 Å². The van der Waals surface area contributed by atoms with Gasteiger partial charge in [-0.15, -0.1) is 11.3 Å². The Kier molecular flexibility index (Phi) is 3.92. The second kappa shape index (κ2) is 5.57. The Balaban J connectivity index is 1.75. The van der Waals surface area contributed by atoms with Crippen molar-refractivity contribution in [2.24, 2.45) is 10.7 Å². The van der Waals surface area contributed by atoms with Gasteiger partial charge in [-0.3, -0.25) is 4.99 Å².